The first-order valence-corrected chi connectivity index (χ1v) is 8.15. The van der Waals surface area contributed by atoms with Gasteiger partial charge in [-0.15, -0.1) is 0 Å². The molecule has 0 radical (unpaired) electrons. The van der Waals surface area contributed by atoms with Crippen LogP contribution in [0.4, 0.5) is 0 Å². The highest BCUT2D eigenvalue weighted by atomic mass is 79.9. The summed E-state index contributed by atoms with van der Waals surface area (Å²) in [5.74, 6) is 0.345. The molecule has 114 valence electrons. The number of aromatic nitrogens is 2. The summed E-state index contributed by atoms with van der Waals surface area (Å²) in [7, 11) is 0. The lowest BCUT2D eigenvalue weighted by Crippen LogP contribution is -2.08. The van der Waals surface area contributed by atoms with E-state index in [1.165, 1.54) is 0 Å². The van der Waals surface area contributed by atoms with Gasteiger partial charge in [0.1, 0.15) is 16.9 Å². The molecule has 0 saturated carbocycles. The number of halogens is 3. The Bertz CT molecular complexity index is 1130. The molecule has 7 heteroatoms. The molecule has 2 aromatic heterocycles. The highest BCUT2D eigenvalue weighted by Crippen LogP contribution is 2.31. The first-order chi connectivity index (χ1) is 11.0. The van der Waals surface area contributed by atoms with Crippen molar-refractivity contribution in [3.63, 3.8) is 0 Å². The van der Waals surface area contributed by atoms with Gasteiger partial charge in [0, 0.05) is 20.4 Å². The number of aromatic amines is 1. The zero-order chi connectivity index (χ0) is 16.1. The highest BCUT2D eigenvalue weighted by Gasteiger charge is 2.16. The normalized spacial score (nSPS) is 11.4. The van der Waals surface area contributed by atoms with Crippen LogP contribution in [-0.2, 0) is 0 Å². The van der Waals surface area contributed by atoms with Crippen LogP contribution in [-0.4, -0.2) is 9.97 Å². The van der Waals surface area contributed by atoms with Gasteiger partial charge in [-0.05, 0) is 36.4 Å². The Morgan fingerprint density at radius 1 is 1.13 bits per heavy atom. The molecule has 0 bridgehead atoms. The zero-order valence-electron chi connectivity index (χ0n) is 11.4. The predicted octanol–water partition coefficient (Wildman–Crippen LogP) is 5.41. The minimum Gasteiger partial charge on any atom is -0.449 e. The minimum atomic E-state index is -0.367. The molecule has 0 aliphatic heterocycles. The summed E-state index contributed by atoms with van der Waals surface area (Å²) in [6.45, 7) is 0. The van der Waals surface area contributed by atoms with Crippen molar-refractivity contribution >= 4 is 61.2 Å². The number of rotatable bonds is 1. The predicted molar refractivity (Wildman–Crippen MR) is 95.3 cm³/mol. The second-order valence-electron chi connectivity index (χ2n) is 4.96. The molecule has 2 heterocycles. The van der Waals surface area contributed by atoms with Crippen molar-refractivity contribution < 1.29 is 4.42 Å². The van der Waals surface area contributed by atoms with Crippen LogP contribution in [0.3, 0.4) is 0 Å². The second-order valence-corrected chi connectivity index (χ2v) is 6.72. The van der Waals surface area contributed by atoms with Crippen molar-refractivity contribution in [1.29, 1.82) is 0 Å². The third kappa shape index (κ3) is 2.45. The van der Waals surface area contributed by atoms with Gasteiger partial charge in [0.2, 0.25) is 5.58 Å². The fourth-order valence-corrected chi connectivity index (χ4v) is 3.17. The summed E-state index contributed by atoms with van der Waals surface area (Å²) in [4.78, 5) is 19.6. The first kappa shape index (κ1) is 14.8. The molecule has 23 heavy (non-hydrogen) atoms. The van der Waals surface area contributed by atoms with Gasteiger partial charge in [0.05, 0.1) is 5.02 Å². The second kappa shape index (κ2) is 5.37. The van der Waals surface area contributed by atoms with E-state index in [9.17, 15) is 4.79 Å². The molecule has 0 fully saturated rings. The lowest BCUT2D eigenvalue weighted by atomic mass is 10.2. The lowest BCUT2D eigenvalue weighted by molar-refractivity contribution is 0.661. The maximum absolute atomic E-state index is 12.3. The van der Waals surface area contributed by atoms with Crippen molar-refractivity contribution in [2.24, 2.45) is 0 Å². The minimum absolute atomic E-state index is 0.181. The molecule has 4 rings (SSSR count). The summed E-state index contributed by atoms with van der Waals surface area (Å²) in [6.07, 6.45) is 0. The number of H-pyrrole nitrogens is 1. The molecule has 0 amide bonds. The lowest BCUT2D eigenvalue weighted by Gasteiger charge is -2.04. The number of fused-ring (bicyclic) bond motifs is 3. The number of furan rings is 1. The van der Waals surface area contributed by atoms with Gasteiger partial charge in [-0.2, -0.15) is 0 Å². The van der Waals surface area contributed by atoms with E-state index in [0.717, 1.165) is 9.86 Å². The smallest absolute Gasteiger partial charge is 0.294 e. The van der Waals surface area contributed by atoms with Gasteiger partial charge >= 0.3 is 0 Å². The Balaban J connectivity index is 2.10. The average molecular weight is 410 g/mol. The zero-order valence-corrected chi connectivity index (χ0v) is 14.5. The van der Waals surface area contributed by atoms with E-state index in [-0.39, 0.29) is 11.1 Å². The molecule has 0 aliphatic rings. The molecule has 0 unspecified atom stereocenters. The number of nitrogens with zero attached hydrogens (tertiary/aromatic N) is 1. The SMILES string of the molecule is O=c1[nH]c(-c2cc(Cl)ccc2Cl)nc2c1oc1ccc(Br)cc12. The van der Waals surface area contributed by atoms with Crippen LogP contribution in [0, 0.1) is 0 Å². The Morgan fingerprint density at radius 3 is 2.78 bits per heavy atom. The fraction of sp³-hybridized carbons (Fsp3) is 0. The van der Waals surface area contributed by atoms with Crippen LogP contribution in [0.5, 0.6) is 0 Å². The Labute approximate surface area is 148 Å². The van der Waals surface area contributed by atoms with Gasteiger partial charge in [0.15, 0.2) is 0 Å². The topological polar surface area (TPSA) is 58.9 Å². The summed E-state index contributed by atoms with van der Waals surface area (Å²) >= 11 is 15.6. The molecular formula is C16H7BrCl2N2O2. The van der Waals surface area contributed by atoms with Crippen molar-refractivity contribution in [3.05, 3.63) is 61.3 Å². The number of benzene rings is 2. The number of hydrogen-bond acceptors (Lipinski definition) is 3. The van der Waals surface area contributed by atoms with Gasteiger partial charge in [-0.25, -0.2) is 4.98 Å². The molecular weight excluding hydrogens is 403 g/mol. The summed E-state index contributed by atoms with van der Waals surface area (Å²) < 4.78 is 6.47. The first-order valence-electron chi connectivity index (χ1n) is 6.60. The Hall–Kier alpha value is -1.82. The van der Waals surface area contributed by atoms with Gasteiger partial charge in [0.25, 0.3) is 5.56 Å². The fourth-order valence-electron chi connectivity index (χ4n) is 2.43. The summed E-state index contributed by atoms with van der Waals surface area (Å²) in [5.41, 5.74) is 1.45. The van der Waals surface area contributed by atoms with Gasteiger partial charge in [-0.1, -0.05) is 39.1 Å². The summed E-state index contributed by atoms with van der Waals surface area (Å²) in [6, 6.07) is 10.5. The van der Waals surface area contributed by atoms with Gasteiger partial charge in [-0.3, -0.25) is 4.79 Å². The standard InChI is InChI=1S/C16H7BrCl2N2O2/c17-7-1-4-12-10(5-7)13-14(23-12)16(22)21-15(20-13)9-6-8(18)2-3-11(9)19/h1-6H,(H,20,21,22). The van der Waals surface area contributed by atoms with Crippen LogP contribution >= 0.6 is 39.1 Å². The van der Waals surface area contributed by atoms with E-state index in [4.69, 9.17) is 27.6 Å². The van der Waals surface area contributed by atoms with Crippen molar-refractivity contribution in [3.8, 4) is 11.4 Å². The van der Waals surface area contributed by atoms with E-state index < -0.39 is 0 Å². The molecule has 4 nitrogen and oxygen atoms in total. The summed E-state index contributed by atoms with van der Waals surface area (Å²) in [5, 5.41) is 1.71. The van der Waals surface area contributed by atoms with Crippen molar-refractivity contribution in [2.45, 2.75) is 0 Å². The van der Waals surface area contributed by atoms with Gasteiger partial charge < -0.3 is 9.40 Å². The monoisotopic (exact) mass is 408 g/mol. The maximum Gasteiger partial charge on any atom is 0.294 e. The number of nitrogens with one attached hydrogen (secondary N) is 1. The van der Waals surface area contributed by atoms with Crippen LogP contribution in [0.2, 0.25) is 10.0 Å². The van der Waals surface area contributed by atoms with Crippen LogP contribution in [0.1, 0.15) is 0 Å². The van der Waals surface area contributed by atoms with E-state index in [0.29, 0.717) is 32.5 Å². The largest absolute Gasteiger partial charge is 0.449 e. The Kier molecular flexibility index (Phi) is 3.44. The van der Waals surface area contributed by atoms with E-state index >= 15 is 0 Å². The third-order valence-corrected chi connectivity index (χ3v) is 4.53. The molecule has 4 aromatic rings. The molecule has 0 atom stereocenters. The third-order valence-electron chi connectivity index (χ3n) is 3.47. The Morgan fingerprint density at radius 2 is 1.96 bits per heavy atom. The van der Waals surface area contributed by atoms with Crippen molar-refractivity contribution in [2.75, 3.05) is 0 Å². The molecule has 0 spiro atoms. The molecule has 1 N–H and O–H groups in total. The van der Waals surface area contributed by atoms with Crippen LogP contribution < -0.4 is 5.56 Å². The van der Waals surface area contributed by atoms with E-state index in [2.05, 4.69) is 25.9 Å². The quantitative estimate of drug-likeness (QED) is 0.457. The van der Waals surface area contributed by atoms with Crippen LogP contribution in [0.25, 0.3) is 33.5 Å². The molecule has 0 saturated heterocycles. The molecule has 0 aliphatic carbocycles. The van der Waals surface area contributed by atoms with E-state index in [1.807, 2.05) is 12.1 Å². The number of hydrogen-bond donors (Lipinski definition) is 1. The highest BCUT2D eigenvalue weighted by molar-refractivity contribution is 9.10. The van der Waals surface area contributed by atoms with Crippen molar-refractivity contribution in [1.82, 2.24) is 9.97 Å². The van der Waals surface area contributed by atoms with E-state index in [1.54, 1.807) is 24.3 Å². The maximum atomic E-state index is 12.3. The van der Waals surface area contributed by atoms with Crippen LogP contribution in [0.15, 0.2) is 50.1 Å². The average Bonchev–Trinajstić information content (AvgIpc) is 2.88. The molecule has 2 aromatic carbocycles.